The Morgan fingerprint density at radius 3 is 2.38 bits per heavy atom. The van der Waals surface area contributed by atoms with Crippen LogP contribution in [0, 0.1) is 11.3 Å². The molecule has 0 aliphatic carbocycles. The Balaban J connectivity index is 1.99. The third-order valence-corrected chi connectivity index (χ3v) is 4.81. The van der Waals surface area contributed by atoms with E-state index in [2.05, 4.69) is 10.2 Å². The van der Waals surface area contributed by atoms with Crippen molar-refractivity contribution in [3.63, 3.8) is 0 Å². The van der Waals surface area contributed by atoms with E-state index < -0.39 is 16.0 Å². The Labute approximate surface area is 152 Å². The molecule has 10 heteroatoms. The standard InChI is InChI=1S/C16H21N5O4S/c17-5-6-20-7-9-21(10-8-20)12-13(11-18)16(22)19-14-1-3-15(4-2-14)26(23,24)25/h1-4,12H,5-10,17H2,(H,19,22)(H,23,24,25)/b13-12-. The SMILES string of the molecule is N#C/C(=C/N1CCN(CCN)CC1)C(=O)Nc1ccc(S(=O)(=O)O)cc1. The molecular formula is C16H21N5O4S. The number of nitrogens with one attached hydrogen (secondary N) is 1. The third-order valence-electron chi connectivity index (χ3n) is 3.94. The fourth-order valence-corrected chi connectivity index (χ4v) is 3.01. The molecule has 1 aliphatic heterocycles. The van der Waals surface area contributed by atoms with Crippen molar-refractivity contribution in [2.75, 3.05) is 44.6 Å². The summed E-state index contributed by atoms with van der Waals surface area (Å²) in [7, 11) is -4.29. The predicted octanol–water partition coefficient (Wildman–Crippen LogP) is -0.144. The van der Waals surface area contributed by atoms with Crippen molar-refractivity contribution in [3.8, 4) is 6.07 Å². The number of rotatable bonds is 6. The number of nitrogens with two attached hydrogens (primary N) is 1. The van der Waals surface area contributed by atoms with Gasteiger partial charge >= 0.3 is 0 Å². The highest BCUT2D eigenvalue weighted by molar-refractivity contribution is 7.85. The van der Waals surface area contributed by atoms with Crippen molar-refractivity contribution in [2.24, 2.45) is 5.73 Å². The highest BCUT2D eigenvalue weighted by Crippen LogP contribution is 2.15. The van der Waals surface area contributed by atoms with Crippen LogP contribution in [0.2, 0.25) is 0 Å². The average molecular weight is 379 g/mol. The van der Waals surface area contributed by atoms with Gasteiger partial charge in [-0.1, -0.05) is 0 Å². The Bertz CT molecular complexity index is 806. The first-order valence-corrected chi connectivity index (χ1v) is 9.45. The van der Waals surface area contributed by atoms with Gasteiger partial charge in [-0.05, 0) is 24.3 Å². The lowest BCUT2D eigenvalue weighted by molar-refractivity contribution is -0.112. The molecule has 0 saturated carbocycles. The van der Waals surface area contributed by atoms with Gasteiger partial charge in [-0.15, -0.1) is 0 Å². The second kappa shape index (κ2) is 8.77. The van der Waals surface area contributed by atoms with E-state index in [0.717, 1.165) is 31.8 Å². The van der Waals surface area contributed by atoms with Crippen molar-refractivity contribution < 1.29 is 17.8 Å². The maximum atomic E-state index is 12.2. The van der Waals surface area contributed by atoms with E-state index in [1.54, 1.807) is 0 Å². The van der Waals surface area contributed by atoms with Crippen LogP contribution < -0.4 is 11.1 Å². The molecule has 2 rings (SSSR count). The molecule has 1 fully saturated rings. The molecule has 0 spiro atoms. The number of anilines is 1. The van der Waals surface area contributed by atoms with Gasteiger partial charge in [0.2, 0.25) is 0 Å². The van der Waals surface area contributed by atoms with Crippen LogP contribution >= 0.6 is 0 Å². The van der Waals surface area contributed by atoms with Crippen LogP contribution in [0.5, 0.6) is 0 Å². The normalized spacial score (nSPS) is 16.2. The molecule has 1 aromatic rings. The lowest BCUT2D eigenvalue weighted by Gasteiger charge is -2.33. The predicted molar refractivity (Wildman–Crippen MR) is 95.6 cm³/mol. The van der Waals surface area contributed by atoms with Crippen LogP contribution in [0.15, 0.2) is 40.9 Å². The molecule has 0 aromatic heterocycles. The number of piperazine rings is 1. The molecule has 1 saturated heterocycles. The summed E-state index contributed by atoms with van der Waals surface area (Å²) in [5.74, 6) is -0.587. The summed E-state index contributed by atoms with van der Waals surface area (Å²) in [4.78, 5) is 16.1. The number of carbonyl (C=O) groups is 1. The summed E-state index contributed by atoms with van der Waals surface area (Å²) >= 11 is 0. The van der Waals surface area contributed by atoms with Crippen LogP contribution in [0.3, 0.4) is 0 Å². The zero-order valence-corrected chi connectivity index (χ0v) is 14.9. The van der Waals surface area contributed by atoms with Gasteiger partial charge in [0.15, 0.2) is 0 Å². The molecule has 4 N–H and O–H groups in total. The number of nitrogens with zero attached hydrogens (tertiary/aromatic N) is 3. The quantitative estimate of drug-likeness (QED) is 0.352. The number of benzene rings is 1. The third kappa shape index (κ3) is 5.53. The van der Waals surface area contributed by atoms with Gasteiger partial charge in [-0.25, -0.2) is 0 Å². The monoisotopic (exact) mass is 379 g/mol. The number of nitriles is 1. The van der Waals surface area contributed by atoms with E-state index in [-0.39, 0.29) is 10.5 Å². The molecule has 26 heavy (non-hydrogen) atoms. The molecule has 0 unspecified atom stereocenters. The van der Waals surface area contributed by atoms with Gasteiger partial charge in [-0.2, -0.15) is 13.7 Å². The molecule has 1 aromatic carbocycles. The molecular weight excluding hydrogens is 358 g/mol. The topological polar surface area (TPSA) is 140 Å². The van der Waals surface area contributed by atoms with Crippen molar-refractivity contribution in [2.45, 2.75) is 4.90 Å². The van der Waals surface area contributed by atoms with Gasteiger partial charge in [0, 0.05) is 51.2 Å². The fourth-order valence-electron chi connectivity index (χ4n) is 2.53. The summed E-state index contributed by atoms with van der Waals surface area (Å²) in [6, 6.07) is 6.88. The minimum absolute atomic E-state index is 0.0452. The van der Waals surface area contributed by atoms with Gasteiger partial charge in [0.25, 0.3) is 16.0 Å². The molecule has 1 aliphatic rings. The van der Waals surface area contributed by atoms with E-state index in [1.807, 2.05) is 11.0 Å². The van der Waals surface area contributed by atoms with Crippen LogP contribution in [-0.2, 0) is 14.9 Å². The first-order valence-electron chi connectivity index (χ1n) is 8.01. The zero-order chi connectivity index (χ0) is 19.2. The Morgan fingerprint density at radius 2 is 1.88 bits per heavy atom. The van der Waals surface area contributed by atoms with Gasteiger partial charge in [0.1, 0.15) is 11.6 Å². The Kier molecular flexibility index (Phi) is 6.70. The smallest absolute Gasteiger partial charge is 0.294 e. The number of amides is 1. The molecule has 0 bridgehead atoms. The highest BCUT2D eigenvalue weighted by Gasteiger charge is 2.17. The highest BCUT2D eigenvalue weighted by atomic mass is 32.2. The molecule has 0 atom stereocenters. The van der Waals surface area contributed by atoms with E-state index in [0.29, 0.717) is 25.3 Å². The molecule has 1 heterocycles. The van der Waals surface area contributed by atoms with Gasteiger partial charge < -0.3 is 16.0 Å². The van der Waals surface area contributed by atoms with E-state index in [4.69, 9.17) is 10.3 Å². The largest absolute Gasteiger partial charge is 0.374 e. The molecule has 140 valence electrons. The van der Waals surface area contributed by atoms with Crippen molar-refractivity contribution in [1.29, 1.82) is 5.26 Å². The lowest BCUT2D eigenvalue weighted by atomic mass is 10.2. The summed E-state index contributed by atoms with van der Waals surface area (Å²) < 4.78 is 31.0. The van der Waals surface area contributed by atoms with Gasteiger partial charge in [-0.3, -0.25) is 14.2 Å². The van der Waals surface area contributed by atoms with E-state index in [9.17, 15) is 18.5 Å². The van der Waals surface area contributed by atoms with Crippen molar-refractivity contribution >= 4 is 21.7 Å². The molecule has 9 nitrogen and oxygen atoms in total. The summed E-state index contributed by atoms with van der Waals surface area (Å²) in [5, 5.41) is 11.8. The van der Waals surface area contributed by atoms with Crippen LogP contribution in [0.25, 0.3) is 0 Å². The maximum absolute atomic E-state index is 12.2. The maximum Gasteiger partial charge on any atom is 0.294 e. The number of hydrogen-bond donors (Lipinski definition) is 3. The minimum atomic E-state index is -4.29. The summed E-state index contributed by atoms with van der Waals surface area (Å²) in [6.45, 7) is 4.43. The summed E-state index contributed by atoms with van der Waals surface area (Å²) in [6.07, 6.45) is 1.53. The van der Waals surface area contributed by atoms with Crippen molar-refractivity contribution in [3.05, 3.63) is 36.0 Å². The fraction of sp³-hybridized carbons (Fsp3) is 0.375. The van der Waals surface area contributed by atoms with Crippen LogP contribution in [0.1, 0.15) is 0 Å². The minimum Gasteiger partial charge on any atom is -0.374 e. The second-order valence-electron chi connectivity index (χ2n) is 5.77. The molecule has 0 radical (unpaired) electrons. The Hall–Kier alpha value is -2.45. The van der Waals surface area contributed by atoms with Crippen LogP contribution in [-0.4, -0.2) is 67.9 Å². The zero-order valence-electron chi connectivity index (χ0n) is 14.1. The first kappa shape index (κ1) is 19.9. The lowest BCUT2D eigenvalue weighted by Crippen LogP contribution is -2.45. The summed E-state index contributed by atoms with van der Waals surface area (Å²) in [5.41, 5.74) is 5.80. The van der Waals surface area contributed by atoms with Crippen molar-refractivity contribution in [1.82, 2.24) is 9.80 Å². The average Bonchev–Trinajstić information content (AvgIpc) is 2.61. The Morgan fingerprint density at radius 1 is 1.27 bits per heavy atom. The second-order valence-corrected chi connectivity index (χ2v) is 7.20. The van der Waals surface area contributed by atoms with Gasteiger partial charge in [0.05, 0.1) is 4.90 Å². The van der Waals surface area contributed by atoms with E-state index >= 15 is 0 Å². The van der Waals surface area contributed by atoms with E-state index in [1.165, 1.54) is 18.3 Å². The molecule has 1 amide bonds. The number of hydrogen-bond acceptors (Lipinski definition) is 7. The first-order chi connectivity index (χ1) is 12.3. The number of carbonyl (C=O) groups excluding carboxylic acids is 1. The van der Waals surface area contributed by atoms with Crippen LogP contribution in [0.4, 0.5) is 5.69 Å².